The van der Waals surface area contributed by atoms with Gasteiger partial charge >= 0.3 is 0 Å². The van der Waals surface area contributed by atoms with Crippen molar-refractivity contribution in [2.45, 2.75) is 44.4 Å². The predicted octanol–water partition coefficient (Wildman–Crippen LogP) is 4.82. The van der Waals surface area contributed by atoms with E-state index in [0.29, 0.717) is 12.5 Å². The lowest BCUT2D eigenvalue weighted by Gasteiger charge is -2.37. The largest absolute Gasteiger partial charge is 0.381 e. The van der Waals surface area contributed by atoms with Gasteiger partial charge in [0.1, 0.15) is 5.82 Å². The average Bonchev–Trinajstić information content (AvgIpc) is 3.64. The third-order valence-corrected chi connectivity index (χ3v) is 6.80. The minimum absolute atomic E-state index is 0.112. The minimum atomic E-state index is -0.178. The smallest absolute Gasteiger partial charge is 0.123 e. The van der Waals surface area contributed by atoms with E-state index in [1.54, 1.807) is 24.5 Å². The molecule has 1 aromatic heterocycles. The maximum atomic E-state index is 13.3. The normalized spacial score (nSPS) is 18.4. The van der Waals surface area contributed by atoms with Gasteiger partial charge in [0.2, 0.25) is 0 Å². The van der Waals surface area contributed by atoms with Gasteiger partial charge in [-0.05, 0) is 92.4 Å². The minimum Gasteiger partial charge on any atom is -0.381 e. The molecule has 0 unspecified atom stereocenters. The van der Waals surface area contributed by atoms with Gasteiger partial charge in [-0.2, -0.15) is 0 Å². The van der Waals surface area contributed by atoms with E-state index in [2.05, 4.69) is 27.4 Å². The first-order chi connectivity index (χ1) is 15.2. The van der Waals surface area contributed by atoms with Gasteiger partial charge in [-0.1, -0.05) is 18.2 Å². The third-order valence-electron chi connectivity index (χ3n) is 6.80. The molecule has 2 fully saturated rings. The number of halogens is 1. The summed E-state index contributed by atoms with van der Waals surface area (Å²) < 4.78 is 19.6. The Hall–Kier alpha value is -2.37. The van der Waals surface area contributed by atoms with Crippen molar-refractivity contribution in [3.05, 3.63) is 71.3 Å². The quantitative estimate of drug-likeness (QED) is 0.532. The highest BCUT2D eigenvalue weighted by Gasteiger charge is 2.32. The fraction of sp³-hybridized carbons (Fsp3) is 0.462. The number of ether oxygens (including phenoxy) is 1. The molecular weight excluding hydrogens is 389 g/mol. The monoisotopic (exact) mass is 419 g/mol. The van der Waals surface area contributed by atoms with E-state index < -0.39 is 0 Å². The topological polar surface area (TPSA) is 47.0 Å². The van der Waals surface area contributed by atoms with Crippen molar-refractivity contribution in [1.29, 1.82) is 0 Å². The molecule has 5 heteroatoms. The number of rotatable bonds is 8. The number of aromatic nitrogens is 2. The maximum absolute atomic E-state index is 13.3. The van der Waals surface area contributed by atoms with Crippen molar-refractivity contribution < 1.29 is 9.13 Å². The van der Waals surface area contributed by atoms with Crippen molar-refractivity contribution in [3.63, 3.8) is 0 Å². The van der Waals surface area contributed by atoms with Gasteiger partial charge in [0.25, 0.3) is 0 Å². The summed E-state index contributed by atoms with van der Waals surface area (Å²) in [7, 11) is 0. The van der Waals surface area contributed by atoms with Crippen LogP contribution < -0.4 is 5.32 Å². The molecule has 1 saturated heterocycles. The first-order valence-electron chi connectivity index (χ1n) is 11.5. The molecule has 1 aliphatic heterocycles. The first-order valence-corrected chi connectivity index (χ1v) is 11.5. The molecular formula is C26H30FN3O. The van der Waals surface area contributed by atoms with Gasteiger partial charge in [-0.25, -0.2) is 4.39 Å². The lowest BCUT2D eigenvalue weighted by atomic mass is 9.75. The fourth-order valence-corrected chi connectivity index (χ4v) is 4.85. The van der Waals surface area contributed by atoms with Crippen LogP contribution in [0.25, 0.3) is 11.0 Å². The van der Waals surface area contributed by atoms with E-state index >= 15 is 0 Å². The van der Waals surface area contributed by atoms with Crippen molar-refractivity contribution in [3.8, 4) is 0 Å². The number of hydrogen-bond acceptors (Lipinski definition) is 4. The molecule has 31 heavy (non-hydrogen) atoms. The van der Waals surface area contributed by atoms with E-state index in [9.17, 15) is 4.39 Å². The second-order valence-corrected chi connectivity index (χ2v) is 9.23. The molecule has 0 bridgehead atoms. The number of nitrogens with one attached hydrogen (secondary N) is 1. The summed E-state index contributed by atoms with van der Waals surface area (Å²) in [6.07, 6.45) is 10.0. The Kier molecular flexibility index (Phi) is 5.97. The highest BCUT2D eigenvalue weighted by Crippen LogP contribution is 2.41. The SMILES string of the molecule is Fc1ccc(CC2(COCCc3cc(C4CC4)cc4nccnc34)CCNCC2)cc1. The van der Waals surface area contributed by atoms with Crippen LogP contribution in [-0.4, -0.2) is 36.3 Å². The molecule has 1 N–H and O–H groups in total. The molecule has 0 amide bonds. The Morgan fingerprint density at radius 3 is 2.58 bits per heavy atom. The molecule has 3 aromatic rings. The number of fused-ring (bicyclic) bond motifs is 1. The molecule has 2 aliphatic rings. The number of hydrogen-bond donors (Lipinski definition) is 1. The Morgan fingerprint density at radius 2 is 1.81 bits per heavy atom. The van der Waals surface area contributed by atoms with Crippen LogP contribution in [0.5, 0.6) is 0 Å². The van der Waals surface area contributed by atoms with Crippen LogP contribution in [0.2, 0.25) is 0 Å². The summed E-state index contributed by atoms with van der Waals surface area (Å²) >= 11 is 0. The molecule has 1 aliphatic carbocycles. The fourth-order valence-electron chi connectivity index (χ4n) is 4.85. The molecule has 2 aromatic carbocycles. The predicted molar refractivity (Wildman–Crippen MR) is 121 cm³/mol. The van der Waals surface area contributed by atoms with Gasteiger partial charge in [0, 0.05) is 17.8 Å². The molecule has 4 nitrogen and oxygen atoms in total. The maximum Gasteiger partial charge on any atom is 0.123 e. The van der Waals surface area contributed by atoms with E-state index in [0.717, 1.165) is 56.4 Å². The van der Waals surface area contributed by atoms with E-state index in [-0.39, 0.29) is 11.2 Å². The third kappa shape index (κ3) is 4.94. The van der Waals surface area contributed by atoms with Crippen LogP contribution in [0, 0.1) is 11.2 Å². The Labute approximate surface area is 183 Å². The molecule has 0 radical (unpaired) electrons. The molecule has 162 valence electrons. The summed E-state index contributed by atoms with van der Waals surface area (Å²) in [4.78, 5) is 9.13. The molecule has 0 spiro atoms. The van der Waals surface area contributed by atoms with Crippen LogP contribution in [0.1, 0.15) is 48.3 Å². The summed E-state index contributed by atoms with van der Waals surface area (Å²) in [5, 5.41) is 3.46. The van der Waals surface area contributed by atoms with Crippen LogP contribution in [0.3, 0.4) is 0 Å². The van der Waals surface area contributed by atoms with Crippen molar-refractivity contribution >= 4 is 11.0 Å². The lowest BCUT2D eigenvalue weighted by Crippen LogP contribution is -2.41. The van der Waals surface area contributed by atoms with Crippen molar-refractivity contribution in [2.24, 2.45) is 5.41 Å². The zero-order valence-electron chi connectivity index (χ0n) is 17.9. The highest BCUT2D eigenvalue weighted by atomic mass is 19.1. The number of piperidine rings is 1. The molecule has 1 saturated carbocycles. The Morgan fingerprint density at radius 1 is 1.03 bits per heavy atom. The second kappa shape index (κ2) is 9.01. The zero-order valence-corrected chi connectivity index (χ0v) is 17.9. The highest BCUT2D eigenvalue weighted by molar-refractivity contribution is 5.79. The Bertz CT molecular complexity index is 1030. The summed E-state index contributed by atoms with van der Waals surface area (Å²) in [6.45, 7) is 3.43. The van der Waals surface area contributed by atoms with Crippen LogP contribution >= 0.6 is 0 Å². The van der Waals surface area contributed by atoms with Gasteiger partial charge in [0.05, 0.1) is 24.2 Å². The van der Waals surface area contributed by atoms with Crippen LogP contribution in [0.4, 0.5) is 4.39 Å². The number of benzene rings is 2. The standard InChI is InChI=1S/C26H30FN3O/c27-23-5-1-19(2-6-23)17-26(8-10-28-11-9-26)18-31-14-7-21-15-22(20-3-4-20)16-24-25(21)30-13-12-29-24/h1-2,5-6,12-13,15-16,20,28H,3-4,7-11,14,17-18H2. The summed E-state index contributed by atoms with van der Waals surface area (Å²) in [5.41, 5.74) is 5.93. The van der Waals surface area contributed by atoms with E-state index in [1.807, 2.05) is 12.1 Å². The average molecular weight is 420 g/mol. The van der Waals surface area contributed by atoms with Crippen molar-refractivity contribution in [2.75, 3.05) is 26.3 Å². The van der Waals surface area contributed by atoms with Crippen LogP contribution in [0.15, 0.2) is 48.8 Å². The molecule has 0 atom stereocenters. The first kappa shape index (κ1) is 20.5. The zero-order chi connectivity index (χ0) is 21.1. The van der Waals surface area contributed by atoms with Gasteiger partial charge in [-0.3, -0.25) is 9.97 Å². The molecule has 2 heterocycles. The van der Waals surface area contributed by atoms with Crippen LogP contribution in [-0.2, 0) is 17.6 Å². The lowest BCUT2D eigenvalue weighted by molar-refractivity contribution is 0.0254. The van der Waals surface area contributed by atoms with Gasteiger partial charge < -0.3 is 10.1 Å². The second-order valence-electron chi connectivity index (χ2n) is 9.23. The number of nitrogens with zero attached hydrogens (tertiary/aromatic N) is 2. The van der Waals surface area contributed by atoms with Gasteiger partial charge in [0.15, 0.2) is 0 Å². The van der Waals surface area contributed by atoms with E-state index in [4.69, 9.17) is 4.74 Å². The Balaban J connectivity index is 1.25. The summed E-state index contributed by atoms with van der Waals surface area (Å²) in [5.74, 6) is 0.517. The molecule has 5 rings (SSSR count). The summed E-state index contributed by atoms with van der Waals surface area (Å²) in [6, 6.07) is 11.5. The van der Waals surface area contributed by atoms with Crippen molar-refractivity contribution in [1.82, 2.24) is 15.3 Å². The van der Waals surface area contributed by atoms with Gasteiger partial charge in [-0.15, -0.1) is 0 Å². The van der Waals surface area contributed by atoms with E-state index in [1.165, 1.54) is 29.5 Å².